The van der Waals surface area contributed by atoms with Gasteiger partial charge in [0.2, 0.25) is 11.8 Å². The maximum Gasteiger partial charge on any atom is 0.323 e. The van der Waals surface area contributed by atoms with Crippen LogP contribution in [0.5, 0.6) is 0 Å². The second-order valence-corrected chi connectivity index (χ2v) is 15.5. The zero-order chi connectivity index (χ0) is 42.6. The molecule has 5 N–H and O–H groups in total. The number of anilines is 2. The van der Waals surface area contributed by atoms with Crippen LogP contribution in [0.2, 0.25) is 0 Å². The minimum atomic E-state index is -1.02. The van der Waals surface area contributed by atoms with Crippen molar-refractivity contribution in [3.8, 4) is 0 Å². The van der Waals surface area contributed by atoms with E-state index in [1.165, 1.54) is 13.0 Å². The Morgan fingerprint density at radius 3 is 2.29 bits per heavy atom. The molecule has 0 radical (unpaired) electrons. The molecule has 0 bridgehead atoms. The van der Waals surface area contributed by atoms with E-state index in [0.717, 1.165) is 30.4 Å². The van der Waals surface area contributed by atoms with E-state index in [4.69, 9.17) is 0 Å². The monoisotopic (exact) mass is 807 g/mol. The van der Waals surface area contributed by atoms with Gasteiger partial charge in [0.15, 0.2) is 5.78 Å². The minimum absolute atomic E-state index is 0.0287. The van der Waals surface area contributed by atoms with Crippen LogP contribution in [0.1, 0.15) is 107 Å². The van der Waals surface area contributed by atoms with E-state index in [9.17, 15) is 38.7 Å². The molecule has 0 saturated heterocycles. The fourth-order valence-corrected chi connectivity index (χ4v) is 7.44. The van der Waals surface area contributed by atoms with Crippen molar-refractivity contribution in [1.29, 1.82) is 0 Å². The largest absolute Gasteiger partial charge is 0.481 e. The number of amides is 4. The molecule has 0 aliphatic heterocycles. The summed E-state index contributed by atoms with van der Waals surface area (Å²) in [6, 6.07) is 16.4. The number of carbonyl (C=O) groups excluding carboxylic acids is 6. The number of carboxylic acids is 1. The van der Waals surface area contributed by atoms with Crippen molar-refractivity contribution in [3.05, 3.63) is 95.8 Å². The van der Waals surface area contributed by atoms with Crippen molar-refractivity contribution in [1.82, 2.24) is 15.6 Å². The summed E-state index contributed by atoms with van der Waals surface area (Å²) in [5.41, 5.74) is 2.80. The van der Waals surface area contributed by atoms with Gasteiger partial charge in [0.25, 0.3) is 0 Å². The topological polar surface area (TPSA) is 201 Å². The summed E-state index contributed by atoms with van der Waals surface area (Å²) >= 11 is 0. The maximum atomic E-state index is 14.0. The number of benzene rings is 2. The lowest BCUT2D eigenvalue weighted by Crippen LogP contribution is -2.47. The van der Waals surface area contributed by atoms with Crippen LogP contribution in [-0.2, 0) is 35.2 Å². The van der Waals surface area contributed by atoms with Crippen LogP contribution in [0.15, 0.2) is 79.1 Å². The number of nitrogens with one attached hydrogen (secondary N) is 4. The normalized spacial score (nSPS) is 14.4. The Morgan fingerprint density at radius 2 is 1.61 bits per heavy atom. The molecule has 4 amide bonds. The number of carbonyl (C=O) groups is 7. The van der Waals surface area contributed by atoms with Gasteiger partial charge < -0.3 is 26.4 Å². The molecule has 1 aromatic heterocycles. The van der Waals surface area contributed by atoms with Crippen molar-refractivity contribution in [2.24, 2.45) is 11.3 Å². The second kappa shape index (κ2) is 23.4. The molecule has 13 heteroatoms. The lowest BCUT2D eigenvalue weighted by Gasteiger charge is -2.35. The highest BCUT2D eigenvalue weighted by atomic mass is 16.4. The van der Waals surface area contributed by atoms with E-state index in [2.05, 4.69) is 26.3 Å². The Kier molecular flexibility index (Phi) is 18.2. The predicted molar refractivity (Wildman–Crippen MR) is 226 cm³/mol. The van der Waals surface area contributed by atoms with Crippen LogP contribution >= 0.6 is 0 Å². The standard InChI is InChI=1S/C46H57N5O8/c1-32-12-4-5-15-39(32)51-45(59)49-37-21-18-34(19-22-37)28-38(53)29-36(14-6-9-27-48-42(55)23-20-35-13-11-26-47-31-35)44(58)50-40(16-10-17-43(56)57)41(54)30-46(33(2)52)24-7-3-8-25-46/h4-5,11-13,15,18-23,26,31,36,40H,3,6-10,14,16-17,24-25,27-30H2,1-2H3,(H,48,55)(H,50,58)(H,56,57)(H2,49,51,59)/b23-20+/t36-,40+/m1/s1. The van der Waals surface area contributed by atoms with Crippen molar-refractivity contribution < 1.29 is 38.7 Å². The van der Waals surface area contributed by atoms with Crippen molar-refractivity contribution in [2.75, 3.05) is 17.2 Å². The molecule has 3 aromatic rings. The van der Waals surface area contributed by atoms with Crippen LogP contribution in [-0.4, -0.2) is 63.8 Å². The zero-order valence-corrected chi connectivity index (χ0v) is 34.1. The van der Waals surface area contributed by atoms with Crippen LogP contribution in [0, 0.1) is 18.3 Å². The third-order valence-electron chi connectivity index (χ3n) is 10.9. The molecule has 1 saturated carbocycles. The van der Waals surface area contributed by atoms with Crippen molar-refractivity contribution in [3.63, 3.8) is 0 Å². The van der Waals surface area contributed by atoms with Gasteiger partial charge in [-0.1, -0.05) is 62.1 Å². The summed E-state index contributed by atoms with van der Waals surface area (Å²) in [6.07, 6.45) is 11.4. The van der Waals surface area contributed by atoms with E-state index in [-0.39, 0.29) is 61.8 Å². The third-order valence-corrected chi connectivity index (χ3v) is 10.9. The highest BCUT2D eigenvalue weighted by Gasteiger charge is 2.40. The second-order valence-electron chi connectivity index (χ2n) is 15.5. The summed E-state index contributed by atoms with van der Waals surface area (Å²) in [5.74, 6) is -3.17. The number of urea groups is 1. The minimum Gasteiger partial charge on any atom is -0.481 e. The molecule has 2 aromatic carbocycles. The number of aryl methyl sites for hydroxylation is 1. The lowest BCUT2D eigenvalue weighted by molar-refractivity contribution is -0.138. The lowest BCUT2D eigenvalue weighted by atomic mass is 9.68. The van der Waals surface area contributed by atoms with Gasteiger partial charge in [0.1, 0.15) is 11.6 Å². The van der Waals surface area contributed by atoms with Gasteiger partial charge >= 0.3 is 12.0 Å². The van der Waals surface area contributed by atoms with Gasteiger partial charge in [0.05, 0.1) is 6.04 Å². The summed E-state index contributed by atoms with van der Waals surface area (Å²) in [7, 11) is 0. The molecule has 1 aliphatic rings. The highest BCUT2D eigenvalue weighted by Crippen LogP contribution is 2.41. The first-order valence-electron chi connectivity index (χ1n) is 20.5. The molecule has 1 aliphatic carbocycles. The highest BCUT2D eigenvalue weighted by molar-refractivity contribution is 6.00. The zero-order valence-electron chi connectivity index (χ0n) is 34.1. The van der Waals surface area contributed by atoms with E-state index in [1.807, 2.05) is 31.2 Å². The van der Waals surface area contributed by atoms with Crippen molar-refractivity contribution in [2.45, 2.75) is 110 Å². The number of nitrogens with zero attached hydrogens (tertiary/aromatic N) is 1. The quantitative estimate of drug-likeness (QED) is 0.0479. The number of Topliss-reactive ketones (excluding diaryl/α,β-unsaturated/α-hetero) is 3. The smallest absolute Gasteiger partial charge is 0.323 e. The molecule has 1 heterocycles. The van der Waals surface area contributed by atoms with Gasteiger partial charge in [-0.2, -0.15) is 0 Å². The molecular formula is C46H57N5O8. The Morgan fingerprint density at radius 1 is 0.864 bits per heavy atom. The van der Waals surface area contributed by atoms with Gasteiger partial charge in [-0.25, -0.2) is 4.79 Å². The van der Waals surface area contributed by atoms with E-state index < -0.39 is 35.3 Å². The summed E-state index contributed by atoms with van der Waals surface area (Å²) in [6.45, 7) is 3.74. The van der Waals surface area contributed by atoms with E-state index in [1.54, 1.807) is 54.9 Å². The Balaban J connectivity index is 1.41. The molecule has 2 atom stereocenters. The van der Waals surface area contributed by atoms with Gasteiger partial charge in [-0.05, 0) is 99.4 Å². The number of pyridine rings is 1. The molecular weight excluding hydrogens is 751 g/mol. The predicted octanol–water partition coefficient (Wildman–Crippen LogP) is 7.39. The van der Waals surface area contributed by atoms with Gasteiger partial charge in [-0.3, -0.25) is 33.8 Å². The fourth-order valence-electron chi connectivity index (χ4n) is 7.44. The first-order valence-corrected chi connectivity index (χ1v) is 20.5. The average molecular weight is 808 g/mol. The van der Waals surface area contributed by atoms with Crippen LogP contribution in [0.25, 0.3) is 6.08 Å². The number of unbranched alkanes of at least 4 members (excludes halogenated alkanes) is 1. The molecule has 1 fully saturated rings. The maximum absolute atomic E-state index is 14.0. The number of rotatable bonds is 23. The number of hydrogen-bond acceptors (Lipinski definition) is 8. The fraction of sp³-hybridized carbons (Fsp3) is 0.435. The molecule has 0 spiro atoms. The summed E-state index contributed by atoms with van der Waals surface area (Å²) in [4.78, 5) is 94.6. The SMILES string of the molecule is CC(=O)C1(CC(=O)[C@H](CCCC(=O)O)NC(=O)[C@H](CCCCNC(=O)/C=C/c2cccnc2)CC(=O)Cc2ccc(NC(=O)Nc3ccccc3C)cc2)CCCCC1. The Bertz CT molecular complexity index is 1940. The number of aromatic nitrogens is 1. The van der Waals surface area contributed by atoms with E-state index >= 15 is 0 Å². The Hall–Kier alpha value is -5.98. The Labute approximate surface area is 346 Å². The number of ketones is 3. The third kappa shape index (κ3) is 15.7. The number of hydrogen-bond donors (Lipinski definition) is 5. The molecule has 4 rings (SSSR count). The molecule has 314 valence electrons. The first kappa shape index (κ1) is 45.7. The number of para-hydroxylation sites is 1. The van der Waals surface area contributed by atoms with Crippen LogP contribution < -0.4 is 21.3 Å². The van der Waals surface area contributed by atoms with E-state index in [0.29, 0.717) is 55.6 Å². The van der Waals surface area contributed by atoms with Gasteiger partial charge in [-0.15, -0.1) is 0 Å². The summed E-state index contributed by atoms with van der Waals surface area (Å²) in [5, 5.41) is 20.6. The number of carboxylic acid groups (broad SMARTS) is 1. The first-order chi connectivity index (χ1) is 28.3. The van der Waals surface area contributed by atoms with Crippen molar-refractivity contribution >= 4 is 58.6 Å². The van der Waals surface area contributed by atoms with Gasteiger partial charge in [0, 0.05) is 73.4 Å². The molecule has 13 nitrogen and oxygen atoms in total. The number of aliphatic carboxylic acids is 1. The average Bonchev–Trinajstić information content (AvgIpc) is 3.21. The molecule has 59 heavy (non-hydrogen) atoms. The summed E-state index contributed by atoms with van der Waals surface area (Å²) < 4.78 is 0. The van der Waals surface area contributed by atoms with Crippen LogP contribution in [0.4, 0.5) is 16.2 Å². The van der Waals surface area contributed by atoms with Crippen LogP contribution in [0.3, 0.4) is 0 Å². The molecule has 0 unspecified atom stereocenters.